The third-order valence-electron chi connectivity index (χ3n) is 3.91. The van der Waals surface area contributed by atoms with Crippen LogP contribution in [0.3, 0.4) is 0 Å². The highest BCUT2D eigenvalue weighted by Gasteiger charge is 2.37. The number of likely N-dealkylation sites (tertiary alicyclic amines) is 1. The van der Waals surface area contributed by atoms with E-state index in [0.717, 1.165) is 6.26 Å². The fourth-order valence-corrected chi connectivity index (χ4v) is 3.55. The summed E-state index contributed by atoms with van der Waals surface area (Å²) in [6, 6.07) is 1.31. The fourth-order valence-electron chi connectivity index (χ4n) is 2.90. The average Bonchev–Trinajstić information content (AvgIpc) is 2.43. The molecule has 0 amide bonds. The van der Waals surface area contributed by atoms with Crippen molar-refractivity contribution in [1.29, 1.82) is 0 Å². The lowest BCUT2D eigenvalue weighted by Gasteiger charge is -2.32. The van der Waals surface area contributed by atoms with Crippen LogP contribution in [0.1, 0.15) is 29.5 Å². The van der Waals surface area contributed by atoms with E-state index in [1.165, 1.54) is 4.90 Å². The Balaban J connectivity index is 2.26. The van der Waals surface area contributed by atoms with E-state index in [1.54, 1.807) is 0 Å². The van der Waals surface area contributed by atoms with Crippen LogP contribution in [-0.4, -0.2) is 38.8 Å². The van der Waals surface area contributed by atoms with Crippen LogP contribution >= 0.6 is 0 Å². The van der Waals surface area contributed by atoms with E-state index in [9.17, 15) is 34.8 Å². The van der Waals surface area contributed by atoms with E-state index in [-0.39, 0.29) is 13.1 Å². The van der Waals surface area contributed by atoms with Gasteiger partial charge in [0, 0.05) is 13.1 Å². The first-order valence-corrected chi connectivity index (χ1v) is 9.45. The van der Waals surface area contributed by atoms with E-state index >= 15 is 0 Å². The molecule has 0 saturated carbocycles. The van der Waals surface area contributed by atoms with Gasteiger partial charge < -0.3 is 0 Å². The van der Waals surface area contributed by atoms with Gasteiger partial charge in [-0.3, -0.25) is 9.08 Å². The SMILES string of the molecule is CS(=O)(=O)O[C@H]1CCCN(Cc2cc(C(F)(F)F)ccc2C(F)(F)F)C1. The molecule has 1 aliphatic rings. The third-order valence-corrected chi connectivity index (χ3v) is 4.53. The predicted octanol–water partition coefficient (Wildman–Crippen LogP) is 3.66. The molecule has 1 aliphatic heterocycles. The van der Waals surface area contributed by atoms with Gasteiger partial charge in [0.1, 0.15) is 0 Å². The second-order valence-electron chi connectivity index (χ2n) is 6.17. The van der Waals surface area contributed by atoms with Crippen molar-refractivity contribution >= 4 is 10.1 Å². The Labute approximate surface area is 146 Å². The number of benzene rings is 1. The van der Waals surface area contributed by atoms with Gasteiger partial charge >= 0.3 is 12.4 Å². The number of alkyl halides is 6. The number of hydrogen-bond acceptors (Lipinski definition) is 4. The van der Waals surface area contributed by atoms with Crippen molar-refractivity contribution in [2.75, 3.05) is 19.3 Å². The topological polar surface area (TPSA) is 46.6 Å². The van der Waals surface area contributed by atoms with Gasteiger partial charge in [-0.15, -0.1) is 0 Å². The minimum Gasteiger partial charge on any atom is -0.296 e. The maximum atomic E-state index is 13.1. The molecule has 0 bridgehead atoms. The minimum atomic E-state index is -4.79. The van der Waals surface area contributed by atoms with Gasteiger partial charge in [0.05, 0.1) is 23.5 Å². The summed E-state index contributed by atoms with van der Waals surface area (Å²) in [6.07, 6.45) is -8.57. The smallest absolute Gasteiger partial charge is 0.296 e. The quantitative estimate of drug-likeness (QED) is 0.567. The summed E-state index contributed by atoms with van der Waals surface area (Å²) in [6.45, 7) is -0.0415. The summed E-state index contributed by atoms with van der Waals surface area (Å²) in [5, 5.41) is 0. The Bertz CT molecular complexity index is 745. The van der Waals surface area contributed by atoms with Crippen molar-refractivity contribution in [3.05, 3.63) is 34.9 Å². The summed E-state index contributed by atoms with van der Waals surface area (Å²) in [4.78, 5) is 1.46. The maximum Gasteiger partial charge on any atom is 0.416 e. The van der Waals surface area contributed by atoms with E-state index in [2.05, 4.69) is 0 Å². The van der Waals surface area contributed by atoms with Crippen LogP contribution in [0.2, 0.25) is 0 Å². The molecule has 1 aromatic rings. The second kappa shape index (κ2) is 7.35. The molecule has 0 spiro atoms. The molecular formula is C15H17F6NO3S. The first-order valence-electron chi connectivity index (χ1n) is 7.63. The minimum absolute atomic E-state index is 0.0145. The van der Waals surface area contributed by atoms with Crippen LogP contribution in [-0.2, 0) is 33.2 Å². The molecule has 4 nitrogen and oxygen atoms in total. The van der Waals surface area contributed by atoms with Gasteiger partial charge in [-0.1, -0.05) is 0 Å². The monoisotopic (exact) mass is 405 g/mol. The highest BCUT2D eigenvalue weighted by atomic mass is 32.2. The molecule has 26 heavy (non-hydrogen) atoms. The third kappa shape index (κ3) is 5.85. The van der Waals surface area contributed by atoms with E-state index in [4.69, 9.17) is 4.18 Å². The maximum absolute atomic E-state index is 13.1. The first kappa shape index (κ1) is 21.0. The molecule has 1 fully saturated rings. The molecule has 0 radical (unpaired) electrons. The molecular weight excluding hydrogens is 388 g/mol. The van der Waals surface area contributed by atoms with Crippen LogP contribution in [0.5, 0.6) is 0 Å². The van der Waals surface area contributed by atoms with E-state index in [0.29, 0.717) is 37.6 Å². The molecule has 0 aromatic heterocycles. The molecule has 0 aliphatic carbocycles. The van der Waals surface area contributed by atoms with Crippen LogP contribution in [0.4, 0.5) is 26.3 Å². The van der Waals surface area contributed by atoms with Gasteiger partial charge in [-0.2, -0.15) is 34.8 Å². The zero-order valence-electron chi connectivity index (χ0n) is 13.7. The standard InChI is InChI=1S/C15H17F6NO3S/c1-26(23,24)25-12-3-2-6-22(9-12)8-10-7-11(14(16,17)18)4-5-13(10)15(19,20)21/h4-5,7,12H,2-3,6,8-9H2,1H3/t12-/m0/s1. The zero-order valence-corrected chi connectivity index (χ0v) is 14.5. The van der Waals surface area contributed by atoms with Crippen LogP contribution in [0, 0.1) is 0 Å². The normalized spacial score (nSPS) is 20.3. The summed E-state index contributed by atoms with van der Waals surface area (Å²) in [5.74, 6) is 0. The number of hydrogen-bond donors (Lipinski definition) is 0. The molecule has 0 unspecified atom stereocenters. The van der Waals surface area contributed by atoms with Gasteiger partial charge in [-0.05, 0) is 43.1 Å². The number of piperidine rings is 1. The molecule has 1 heterocycles. The Morgan fingerprint density at radius 2 is 1.81 bits per heavy atom. The van der Waals surface area contributed by atoms with Crippen molar-refractivity contribution in [2.24, 2.45) is 0 Å². The molecule has 2 rings (SSSR count). The lowest BCUT2D eigenvalue weighted by Crippen LogP contribution is -2.40. The van der Waals surface area contributed by atoms with Crippen LogP contribution < -0.4 is 0 Å². The summed E-state index contributed by atoms with van der Waals surface area (Å²) in [5.41, 5.74) is -2.81. The molecule has 11 heteroatoms. The van der Waals surface area contributed by atoms with Gasteiger partial charge in [0.15, 0.2) is 0 Å². The lowest BCUT2D eigenvalue weighted by atomic mass is 10.0. The van der Waals surface area contributed by atoms with Gasteiger partial charge in [0.25, 0.3) is 10.1 Å². The number of nitrogens with zero attached hydrogens (tertiary/aromatic N) is 1. The number of halogens is 6. The van der Waals surface area contributed by atoms with Crippen molar-refractivity contribution in [1.82, 2.24) is 4.90 Å². The summed E-state index contributed by atoms with van der Waals surface area (Å²) < 4.78 is 105. The first-order chi connectivity index (χ1) is 11.8. The van der Waals surface area contributed by atoms with Crippen molar-refractivity contribution in [3.8, 4) is 0 Å². The van der Waals surface area contributed by atoms with Gasteiger partial charge in [0.2, 0.25) is 0 Å². The lowest BCUT2D eigenvalue weighted by molar-refractivity contribution is -0.142. The van der Waals surface area contributed by atoms with Crippen LogP contribution in [0.15, 0.2) is 18.2 Å². The Morgan fingerprint density at radius 1 is 1.15 bits per heavy atom. The molecule has 1 atom stereocenters. The van der Waals surface area contributed by atoms with Crippen molar-refractivity contribution in [2.45, 2.75) is 37.8 Å². The molecule has 1 aromatic carbocycles. The number of rotatable bonds is 4. The largest absolute Gasteiger partial charge is 0.416 e. The molecule has 0 N–H and O–H groups in total. The summed E-state index contributed by atoms with van der Waals surface area (Å²) in [7, 11) is -3.73. The molecule has 148 valence electrons. The van der Waals surface area contributed by atoms with Gasteiger partial charge in [-0.25, -0.2) is 0 Å². The average molecular weight is 405 g/mol. The van der Waals surface area contributed by atoms with E-state index < -0.39 is 45.3 Å². The van der Waals surface area contributed by atoms with Crippen molar-refractivity contribution < 1.29 is 38.9 Å². The molecule has 1 saturated heterocycles. The Kier molecular flexibility index (Phi) is 5.93. The summed E-state index contributed by atoms with van der Waals surface area (Å²) >= 11 is 0. The van der Waals surface area contributed by atoms with Crippen molar-refractivity contribution in [3.63, 3.8) is 0 Å². The zero-order chi connectivity index (χ0) is 19.8. The predicted molar refractivity (Wildman–Crippen MR) is 80.7 cm³/mol. The van der Waals surface area contributed by atoms with E-state index in [1.807, 2.05) is 0 Å². The Morgan fingerprint density at radius 3 is 2.35 bits per heavy atom. The highest BCUT2D eigenvalue weighted by molar-refractivity contribution is 7.86. The highest BCUT2D eigenvalue weighted by Crippen LogP contribution is 2.37. The second-order valence-corrected chi connectivity index (χ2v) is 7.77. The fraction of sp³-hybridized carbons (Fsp3) is 0.600. The van der Waals surface area contributed by atoms with Crippen LogP contribution in [0.25, 0.3) is 0 Å². The Hall–Kier alpha value is -1.33.